The van der Waals surface area contributed by atoms with Crippen molar-refractivity contribution in [2.75, 3.05) is 0 Å². The molecule has 0 fully saturated rings. The quantitative estimate of drug-likeness (QED) is 0.577. The molecule has 0 bridgehead atoms. The standard InChI is InChI=1S/C17H11F3N6O2/c18-17(19,20)13-8-11(12-5-3-7-28-12)23-16-24-14(25-26(13)16)15(27)22-9-10-4-1-2-6-21-10/h1-8H,9H2,(H,22,27). The normalized spacial score (nSPS) is 11.7. The van der Waals surface area contributed by atoms with Crippen molar-refractivity contribution in [2.24, 2.45) is 0 Å². The molecule has 28 heavy (non-hydrogen) atoms. The van der Waals surface area contributed by atoms with E-state index >= 15 is 0 Å². The molecule has 1 N–H and O–H groups in total. The monoisotopic (exact) mass is 388 g/mol. The summed E-state index contributed by atoms with van der Waals surface area (Å²) in [6.07, 6.45) is -1.87. The highest BCUT2D eigenvalue weighted by molar-refractivity contribution is 5.90. The van der Waals surface area contributed by atoms with Gasteiger partial charge in [0, 0.05) is 6.20 Å². The molecule has 0 aliphatic rings. The lowest BCUT2D eigenvalue weighted by atomic mass is 10.2. The number of carbonyl (C=O) groups excluding carboxylic acids is 1. The van der Waals surface area contributed by atoms with Gasteiger partial charge in [0.2, 0.25) is 5.82 Å². The second-order valence-electron chi connectivity index (χ2n) is 5.65. The van der Waals surface area contributed by atoms with Gasteiger partial charge in [-0.1, -0.05) is 6.07 Å². The van der Waals surface area contributed by atoms with Crippen molar-refractivity contribution in [3.63, 3.8) is 0 Å². The minimum Gasteiger partial charge on any atom is -0.463 e. The zero-order valence-electron chi connectivity index (χ0n) is 14.0. The Kier molecular flexibility index (Phi) is 4.26. The molecular formula is C17H11F3N6O2. The summed E-state index contributed by atoms with van der Waals surface area (Å²) in [7, 11) is 0. The van der Waals surface area contributed by atoms with Crippen molar-refractivity contribution in [3.8, 4) is 11.5 Å². The lowest BCUT2D eigenvalue weighted by molar-refractivity contribution is -0.142. The van der Waals surface area contributed by atoms with Crippen molar-refractivity contribution in [1.82, 2.24) is 29.9 Å². The first-order chi connectivity index (χ1) is 13.4. The van der Waals surface area contributed by atoms with Crippen LogP contribution in [0.15, 0.2) is 53.3 Å². The molecule has 0 aliphatic heterocycles. The third kappa shape index (κ3) is 3.41. The fourth-order valence-electron chi connectivity index (χ4n) is 2.47. The number of carbonyl (C=O) groups is 1. The number of alkyl halides is 3. The molecular weight excluding hydrogens is 377 g/mol. The average molecular weight is 388 g/mol. The molecule has 4 heterocycles. The van der Waals surface area contributed by atoms with Crippen LogP contribution in [0.4, 0.5) is 13.2 Å². The SMILES string of the molecule is O=C(NCc1ccccn1)c1nc2nc(-c3ccco3)cc(C(F)(F)F)n2n1. The number of rotatable bonds is 4. The number of halogens is 3. The number of pyridine rings is 1. The van der Waals surface area contributed by atoms with Crippen LogP contribution in [0.1, 0.15) is 22.0 Å². The molecule has 142 valence electrons. The van der Waals surface area contributed by atoms with E-state index < -0.39 is 23.6 Å². The number of nitrogens with one attached hydrogen (secondary N) is 1. The first-order valence-electron chi connectivity index (χ1n) is 7.99. The summed E-state index contributed by atoms with van der Waals surface area (Å²) >= 11 is 0. The van der Waals surface area contributed by atoms with E-state index in [2.05, 4.69) is 25.4 Å². The van der Waals surface area contributed by atoms with E-state index in [4.69, 9.17) is 4.42 Å². The van der Waals surface area contributed by atoms with Crippen molar-refractivity contribution >= 4 is 11.7 Å². The zero-order valence-corrected chi connectivity index (χ0v) is 14.0. The van der Waals surface area contributed by atoms with Crippen molar-refractivity contribution < 1.29 is 22.4 Å². The molecule has 0 radical (unpaired) electrons. The fourth-order valence-corrected chi connectivity index (χ4v) is 2.47. The number of hydrogen-bond acceptors (Lipinski definition) is 6. The van der Waals surface area contributed by atoms with Gasteiger partial charge >= 0.3 is 6.18 Å². The van der Waals surface area contributed by atoms with E-state index in [0.29, 0.717) is 10.2 Å². The van der Waals surface area contributed by atoms with Gasteiger partial charge in [-0.25, -0.2) is 4.98 Å². The Morgan fingerprint density at radius 3 is 2.71 bits per heavy atom. The van der Waals surface area contributed by atoms with Gasteiger partial charge in [0.05, 0.1) is 18.5 Å². The summed E-state index contributed by atoms with van der Waals surface area (Å²) in [6, 6.07) is 8.93. The van der Waals surface area contributed by atoms with Crippen LogP contribution in [0.2, 0.25) is 0 Å². The van der Waals surface area contributed by atoms with Crippen LogP contribution >= 0.6 is 0 Å². The minimum atomic E-state index is -4.74. The molecule has 0 saturated carbocycles. The van der Waals surface area contributed by atoms with Crippen LogP contribution in [0, 0.1) is 0 Å². The maximum Gasteiger partial charge on any atom is 0.433 e. The van der Waals surface area contributed by atoms with Gasteiger partial charge in [-0.3, -0.25) is 9.78 Å². The first-order valence-corrected chi connectivity index (χ1v) is 7.99. The van der Waals surface area contributed by atoms with Crippen LogP contribution < -0.4 is 5.32 Å². The van der Waals surface area contributed by atoms with E-state index in [-0.39, 0.29) is 23.8 Å². The maximum atomic E-state index is 13.5. The molecule has 0 saturated heterocycles. The number of amides is 1. The van der Waals surface area contributed by atoms with Gasteiger partial charge < -0.3 is 9.73 Å². The lowest BCUT2D eigenvalue weighted by Gasteiger charge is -2.09. The zero-order chi connectivity index (χ0) is 19.7. The molecule has 0 unspecified atom stereocenters. The van der Waals surface area contributed by atoms with Crippen molar-refractivity contribution in [2.45, 2.75) is 12.7 Å². The summed E-state index contributed by atoms with van der Waals surface area (Å²) < 4.78 is 46.0. The molecule has 11 heteroatoms. The van der Waals surface area contributed by atoms with Gasteiger partial charge in [0.25, 0.3) is 11.7 Å². The van der Waals surface area contributed by atoms with E-state index in [9.17, 15) is 18.0 Å². The molecule has 0 aromatic carbocycles. The molecule has 0 spiro atoms. The Labute approximate surface area is 155 Å². The topological polar surface area (TPSA) is 98.2 Å². The van der Waals surface area contributed by atoms with Gasteiger partial charge in [-0.05, 0) is 30.3 Å². The number of nitrogens with zero attached hydrogens (tertiary/aromatic N) is 5. The van der Waals surface area contributed by atoms with Crippen LogP contribution in [0.25, 0.3) is 17.2 Å². The molecule has 0 atom stereocenters. The Hall–Kier alpha value is -3.76. The van der Waals surface area contributed by atoms with Crippen molar-refractivity contribution in [1.29, 1.82) is 0 Å². The lowest BCUT2D eigenvalue weighted by Crippen LogP contribution is -2.24. The maximum absolute atomic E-state index is 13.5. The highest BCUT2D eigenvalue weighted by atomic mass is 19.4. The summed E-state index contributed by atoms with van der Waals surface area (Å²) in [5.41, 5.74) is -0.619. The predicted molar refractivity (Wildman–Crippen MR) is 88.9 cm³/mol. The second-order valence-corrected chi connectivity index (χ2v) is 5.65. The van der Waals surface area contributed by atoms with E-state index in [1.165, 1.54) is 18.4 Å². The van der Waals surface area contributed by atoms with E-state index in [0.717, 1.165) is 6.07 Å². The third-order valence-electron chi connectivity index (χ3n) is 3.74. The molecule has 4 aromatic heterocycles. The molecule has 4 aromatic rings. The average Bonchev–Trinajstić information content (AvgIpc) is 3.34. The van der Waals surface area contributed by atoms with E-state index in [1.54, 1.807) is 24.4 Å². The number of fused-ring (bicyclic) bond motifs is 1. The highest BCUT2D eigenvalue weighted by Gasteiger charge is 2.36. The molecule has 1 amide bonds. The second kappa shape index (κ2) is 6.76. The number of aromatic nitrogens is 5. The van der Waals surface area contributed by atoms with Crippen molar-refractivity contribution in [3.05, 3.63) is 66.1 Å². The Balaban J connectivity index is 1.70. The van der Waals surface area contributed by atoms with Crippen LogP contribution in [-0.4, -0.2) is 30.5 Å². The smallest absolute Gasteiger partial charge is 0.433 e. The van der Waals surface area contributed by atoms with Gasteiger partial charge in [0.15, 0.2) is 11.5 Å². The summed E-state index contributed by atoms with van der Waals surface area (Å²) in [6.45, 7) is 0.0758. The number of hydrogen-bond donors (Lipinski definition) is 1. The summed E-state index contributed by atoms with van der Waals surface area (Å²) in [5, 5.41) is 6.18. The van der Waals surface area contributed by atoms with Crippen LogP contribution in [0.5, 0.6) is 0 Å². The number of furan rings is 1. The minimum absolute atomic E-state index is 0.0716. The Morgan fingerprint density at radius 1 is 1.18 bits per heavy atom. The highest BCUT2D eigenvalue weighted by Crippen LogP contribution is 2.31. The Morgan fingerprint density at radius 2 is 2.04 bits per heavy atom. The first kappa shape index (κ1) is 17.6. The molecule has 4 rings (SSSR count). The van der Waals surface area contributed by atoms with Gasteiger partial charge in [-0.2, -0.15) is 22.7 Å². The van der Waals surface area contributed by atoms with Gasteiger partial charge in [-0.15, -0.1) is 5.10 Å². The Bertz CT molecular complexity index is 1120. The largest absolute Gasteiger partial charge is 0.463 e. The van der Waals surface area contributed by atoms with Crippen LogP contribution in [0.3, 0.4) is 0 Å². The van der Waals surface area contributed by atoms with Gasteiger partial charge in [0.1, 0.15) is 5.69 Å². The fraction of sp³-hybridized carbons (Fsp3) is 0.118. The molecule has 8 nitrogen and oxygen atoms in total. The molecule has 0 aliphatic carbocycles. The van der Waals surface area contributed by atoms with E-state index in [1.807, 2.05) is 0 Å². The third-order valence-corrected chi connectivity index (χ3v) is 3.74. The summed E-state index contributed by atoms with van der Waals surface area (Å²) in [4.78, 5) is 24.2. The summed E-state index contributed by atoms with van der Waals surface area (Å²) in [5.74, 6) is -1.42. The predicted octanol–water partition coefficient (Wildman–Crippen LogP) is 2.73. The van der Waals surface area contributed by atoms with Crippen LogP contribution in [-0.2, 0) is 12.7 Å².